The largest absolute Gasteiger partial charge is 0.416 e. The SMILES string of the molecule is FC(F)(F)c1cccc(CC2(Cl)CSC2)c1. The third-order valence-corrected chi connectivity index (χ3v) is 4.73. The van der Waals surface area contributed by atoms with Crippen LogP contribution in [0.2, 0.25) is 0 Å². The van der Waals surface area contributed by atoms with Gasteiger partial charge in [0.2, 0.25) is 0 Å². The Labute approximate surface area is 101 Å². The summed E-state index contributed by atoms with van der Waals surface area (Å²) < 4.78 is 37.4. The van der Waals surface area contributed by atoms with E-state index in [1.807, 2.05) is 0 Å². The first-order valence-corrected chi connectivity index (χ1v) is 6.35. The predicted octanol–water partition coefficient (Wildman–Crippen LogP) is 3.97. The van der Waals surface area contributed by atoms with Gasteiger partial charge in [-0.3, -0.25) is 0 Å². The highest BCUT2D eigenvalue weighted by atomic mass is 35.5. The van der Waals surface area contributed by atoms with E-state index in [9.17, 15) is 13.2 Å². The molecule has 16 heavy (non-hydrogen) atoms. The molecule has 1 aromatic rings. The van der Waals surface area contributed by atoms with Gasteiger partial charge in [0.1, 0.15) is 0 Å². The molecule has 0 bridgehead atoms. The van der Waals surface area contributed by atoms with Gasteiger partial charge in [-0.1, -0.05) is 18.2 Å². The van der Waals surface area contributed by atoms with Crippen LogP contribution in [-0.4, -0.2) is 16.4 Å². The topological polar surface area (TPSA) is 0 Å². The maximum absolute atomic E-state index is 12.5. The lowest BCUT2D eigenvalue weighted by atomic mass is 9.99. The van der Waals surface area contributed by atoms with Crippen molar-refractivity contribution in [2.45, 2.75) is 17.5 Å². The van der Waals surface area contributed by atoms with Gasteiger partial charge in [-0.15, -0.1) is 11.6 Å². The molecule has 0 radical (unpaired) electrons. The summed E-state index contributed by atoms with van der Waals surface area (Å²) in [5.74, 6) is 1.62. The molecule has 88 valence electrons. The summed E-state index contributed by atoms with van der Waals surface area (Å²) in [6, 6.07) is 5.40. The normalized spacial score (nSPS) is 19.2. The molecule has 0 amide bonds. The van der Waals surface area contributed by atoms with E-state index >= 15 is 0 Å². The van der Waals surface area contributed by atoms with Gasteiger partial charge in [-0.25, -0.2) is 0 Å². The molecule has 0 spiro atoms. The summed E-state index contributed by atoms with van der Waals surface area (Å²) in [6.45, 7) is 0. The van der Waals surface area contributed by atoms with E-state index in [-0.39, 0.29) is 4.87 Å². The van der Waals surface area contributed by atoms with Crippen LogP contribution in [0.15, 0.2) is 24.3 Å². The second-order valence-electron chi connectivity index (χ2n) is 4.02. The van der Waals surface area contributed by atoms with Crippen molar-refractivity contribution in [3.05, 3.63) is 35.4 Å². The molecule has 2 rings (SSSR count). The molecule has 1 aliphatic rings. The Bertz CT molecular complexity index is 385. The number of halogens is 4. The maximum atomic E-state index is 12.5. The first-order valence-electron chi connectivity index (χ1n) is 4.82. The van der Waals surface area contributed by atoms with Crippen molar-refractivity contribution in [3.8, 4) is 0 Å². The van der Waals surface area contributed by atoms with E-state index in [4.69, 9.17) is 11.6 Å². The molecule has 5 heteroatoms. The number of benzene rings is 1. The van der Waals surface area contributed by atoms with Crippen molar-refractivity contribution in [1.29, 1.82) is 0 Å². The van der Waals surface area contributed by atoms with Crippen molar-refractivity contribution in [3.63, 3.8) is 0 Å². The Morgan fingerprint density at radius 1 is 1.31 bits per heavy atom. The fourth-order valence-electron chi connectivity index (χ4n) is 1.65. The third-order valence-electron chi connectivity index (χ3n) is 2.50. The Balaban J connectivity index is 2.16. The van der Waals surface area contributed by atoms with E-state index in [0.29, 0.717) is 12.0 Å². The minimum absolute atomic E-state index is 0.338. The summed E-state index contributed by atoms with van der Waals surface area (Å²) in [5.41, 5.74) is 0.0577. The number of hydrogen-bond acceptors (Lipinski definition) is 1. The monoisotopic (exact) mass is 266 g/mol. The Hall–Kier alpha value is -0.350. The molecule has 1 aliphatic heterocycles. The Morgan fingerprint density at radius 2 is 2.00 bits per heavy atom. The molecule has 0 unspecified atom stereocenters. The zero-order valence-electron chi connectivity index (χ0n) is 8.35. The van der Waals surface area contributed by atoms with Crippen LogP contribution < -0.4 is 0 Å². The number of rotatable bonds is 2. The quantitative estimate of drug-likeness (QED) is 0.730. The summed E-state index contributed by atoms with van der Waals surface area (Å²) in [6.07, 6.45) is -3.77. The van der Waals surface area contributed by atoms with Gasteiger partial charge < -0.3 is 0 Å². The molecule has 0 saturated carbocycles. The highest BCUT2D eigenvalue weighted by Gasteiger charge is 2.36. The van der Waals surface area contributed by atoms with Crippen LogP contribution in [0, 0.1) is 0 Å². The minimum atomic E-state index is -4.27. The fraction of sp³-hybridized carbons (Fsp3) is 0.455. The second-order valence-corrected chi connectivity index (χ2v) is 5.81. The fourth-order valence-corrected chi connectivity index (χ4v) is 3.12. The van der Waals surface area contributed by atoms with Crippen molar-refractivity contribution in [1.82, 2.24) is 0 Å². The van der Waals surface area contributed by atoms with Crippen LogP contribution in [0.5, 0.6) is 0 Å². The zero-order chi connectivity index (χ0) is 11.8. The van der Waals surface area contributed by atoms with E-state index in [2.05, 4.69) is 0 Å². The molecule has 1 heterocycles. The molecule has 0 atom stereocenters. The van der Waals surface area contributed by atoms with Gasteiger partial charge in [0.05, 0.1) is 10.4 Å². The second kappa shape index (κ2) is 4.15. The average molecular weight is 267 g/mol. The molecule has 0 aromatic heterocycles. The van der Waals surface area contributed by atoms with Crippen LogP contribution in [-0.2, 0) is 12.6 Å². The van der Waals surface area contributed by atoms with Crippen molar-refractivity contribution in [2.24, 2.45) is 0 Å². The summed E-state index contributed by atoms with van der Waals surface area (Å²) in [4.78, 5) is -0.338. The smallest absolute Gasteiger partial charge is 0.166 e. The molecule has 0 aliphatic carbocycles. The molecule has 1 saturated heterocycles. The predicted molar refractivity (Wildman–Crippen MR) is 61.1 cm³/mol. The van der Waals surface area contributed by atoms with Gasteiger partial charge in [0.25, 0.3) is 0 Å². The molecular weight excluding hydrogens is 257 g/mol. The summed E-state index contributed by atoms with van der Waals surface area (Å²) in [5, 5.41) is 0. The lowest BCUT2D eigenvalue weighted by Gasteiger charge is -2.35. The van der Waals surface area contributed by atoms with Gasteiger partial charge in [0.15, 0.2) is 0 Å². The van der Waals surface area contributed by atoms with Crippen molar-refractivity contribution in [2.75, 3.05) is 11.5 Å². The average Bonchev–Trinajstić information content (AvgIpc) is 2.14. The van der Waals surface area contributed by atoms with Crippen LogP contribution in [0.25, 0.3) is 0 Å². The van der Waals surface area contributed by atoms with Crippen molar-refractivity contribution >= 4 is 23.4 Å². The molecule has 1 aromatic carbocycles. The molecule has 0 N–H and O–H groups in total. The Morgan fingerprint density at radius 3 is 2.50 bits per heavy atom. The van der Waals surface area contributed by atoms with Crippen molar-refractivity contribution < 1.29 is 13.2 Å². The first-order chi connectivity index (χ1) is 7.39. The standard InChI is InChI=1S/C11H10ClF3S/c12-10(6-16-7-10)5-8-2-1-3-9(4-8)11(13,14)15/h1-4H,5-7H2. The number of alkyl halides is 4. The van der Waals surface area contributed by atoms with Gasteiger partial charge in [0, 0.05) is 11.5 Å². The van der Waals surface area contributed by atoms with Gasteiger partial charge in [-0.2, -0.15) is 24.9 Å². The number of thioether (sulfide) groups is 1. The van der Waals surface area contributed by atoms with E-state index in [1.54, 1.807) is 17.8 Å². The zero-order valence-corrected chi connectivity index (χ0v) is 9.92. The van der Waals surface area contributed by atoms with Crippen LogP contribution in [0.4, 0.5) is 13.2 Å². The first kappa shape index (κ1) is 12.1. The third kappa shape index (κ3) is 2.66. The molecule has 0 nitrogen and oxygen atoms in total. The van der Waals surface area contributed by atoms with Crippen LogP contribution in [0.1, 0.15) is 11.1 Å². The van der Waals surface area contributed by atoms with Crippen LogP contribution >= 0.6 is 23.4 Å². The lowest BCUT2D eigenvalue weighted by Crippen LogP contribution is -2.39. The Kier molecular flexibility index (Phi) is 3.14. The summed E-state index contributed by atoms with van der Waals surface area (Å²) in [7, 11) is 0. The van der Waals surface area contributed by atoms with E-state index in [1.165, 1.54) is 12.1 Å². The van der Waals surface area contributed by atoms with Crippen LogP contribution in [0.3, 0.4) is 0 Å². The number of hydrogen-bond donors (Lipinski definition) is 0. The van der Waals surface area contributed by atoms with Gasteiger partial charge >= 0.3 is 6.18 Å². The van der Waals surface area contributed by atoms with E-state index < -0.39 is 11.7 Å². The van der Waals surface area contributed by atoms with Gasteiger partial charge in [-0.05, 0) is 18.1 Å². The summed E-state index contributed by atoms with van der Waals surface area (Å²) >= 11 is 7.93. The highest BCUT2D eigenvalue weighted by molar-refractivity contribution is 8.01. The lowest BCUT2D eigenvalue weighted by molar-refractivity contribution is -0.137. The van der Waals surface area contributed by atoms with E-state index in [0.717, 1.165) is 17.6 Å². The maximum Gasteiger partial charge on any atom is 0.416 e. The minimum Gasteiger partial charge on any atom is -0.166 e. The molecular formula is C11H10ClF3S. The molecule has 1 fully saturated rings. The highest BCUT2D eigenvalue weighted by Crippen LogP contribution is 2.39.